The Morgan fingerprint density at radius 2 is 1.85 bits per heavy atom. The molecule has 1 heterocycles. The molecule has 1 aromatic heterocycles. The SMILES string of the molecule is CCC1(C)Cc2ccccc2-c2nc(SCC(=O)Nc3cccc4ccccc34)[nH]c(=O)c21. The molecule has 0 bridgehead atoms. The van der Waals surface area contributed by atoms with Crippen molar-refractivity contribution in [3.63, 3.8) is 0 Å². The van der Waals surface area contributed by atoms with Crippen LogP contribution in [0.15, 0.2) is 76.7 Å². The maximum atomic E-state index is 13.1. The molecule has 3 aromatic carbocycles. The van der Waals surface area contributed by atoms with Crippen molar-refractivity contribution in [2.24, 2.45) is 0 Å². The zero-order chi connectivity index (χ0) is 23.0. The van der Waals surface area contributed by atoms with Crippen LogP contribution in [-0.4, -0.2) is 21.6 Å². The molecule has 33 heavy (non-hydrogen) atoms. The van der Waals surface area contributed by atoms with Gasteiger partial charge in [0.15, 0.2) is 5.16 Å². The highest BCUT2D eigenvalue weighted by atomic mass is 32.2. The van der Waals surface area contributed by atoms with Gasteiger partial charge in [-0.2, -0.15) is 0 Å². The molecule has 6 heteroatoms. The van der Waals surface area contributed by atoms with Gasteiger partial charge in [-0.3, -0.25) is 9.59 Å². The van der Waals surface area contributed by atoms with Gasteiger partial charge < -0.3 is 10.3 Å². The van der Waals surface area contributed by atoms with Crippen molar-refractivity contribution in [2.75, 3.05) is 11.1 Å². The smallest absolute Gasteiger partial charge is 0.255 e. The summed E-state index contributed by atoms with van der Waals surface area (Å²) in [6, 6.07) is 21.9. The van der Waals surface area contributed by atoms with Crippen molar-refractivity contribution in [3.05, 3.63) is 88.2 Å². The highest BCUT2D eigenvalue weighted by Crippen LogP contribution is 2.42. The lowest BCUT2D eigenvalue weighted by molar-refractivity contribution is -0.113. The minimum Gasteiger partial charge on any atom is -0.325 e. The molecule has 0 spiro atoms. The van der Waals surface area contributed by atoms with Gasteiger partial charge >= 0.3 is 0 Å². The van der Waals surface area contributed by atoms with Crippen LogP contribution in [0.5, 0.6) is 0 Å². The number of nitrogens with one attached hydrogen (secondary N) is 2. The molecule has 1 atom stereocenters. The second-order valence-electron chi connectivity index (χ2n) is 8.71. The lowest BCUT2D eigenvalue weighted by Crippen LogP contribution is -2.36. The number of hydrogen-bond acceptors (Lipinski definition) is 4. The average Bonchev–Trinajstić information content (AvgIpc) is 2.83. The highest BCUT2D eigenvalue weighted by molar-refractivity contribution is 7.99. The van der Waals surface area contributed by atoms with Gasteiger partial charge in [0.25, 0.3) is 5.56 Å². The fourth-order valence-corrected chi connectivity index (χ4v) is 5.31. The summed E-state index contributed by atoms with van der Waals surface area (Å²) in [6.45, 7) is 4.24. The van der Waals surface area contributed by atoms with Crippen molar-refractivity contribution in [1.82, 2.24) is 9.97 Å². The number of rotatable bonds is 5. The van der Waals surface area contributed by atoms with Crippen LogP contribution in [0.4, 0.5) is 5.69 Å². The normalized spacial score (nSPS) is 16.8. The summed E-state index contributed by atoms with van der Waals surface area (Å²) in [5.74, 6) is 0.00740. The number of nitrogens with zero attached hydrogens (tertiary/aromatic N) is 1. The predicted molar refractivity (Wildman–Crippen MR) is 135 cm³/mol. The molecular formula is C27H25N3O2S. The van der Waals surface area contributed by atoms with Crippen molar-refractivity contribution in [1.29, 1.82) is 0 Å². The molecule has 1 aliphatic carbocycles. The second kappa shape index (κ2) is 8.52. The van der Waals surface area contributed by atoms with Crippen LogP contribution < -0.4 is 10.9 Å². The molecule has 5 nitrogen and oxygen atoms in total. The second-order valence-corrected chi connectivity index (χ2v) is 9.67. The van der Waals surface area contributed by atoms with E-state index in [1.807, 2.05) is 60.7 Å². The third-order valence-electron chi connectivity index (χ3n) is 6.54. The Bertz CT molecular complexity index is 1420. The molecule has 4 aromatic rings. The summed E-state index contributed by atoms with van der Waals surface area (Å²) in [4.78, 5) is 33.6. The molecule has 1 aliphatic rings. The van der Waals surface area contributed by atoms with Crippen LogP contribution in [0.1, 0.15) is 31.4 Å². The topological polar surface area (TPSA) is 74.8 Å². The molecular weight excluding hydrogens is 430 g/mol. The number of benzene rings is 3. The van der Waals surface area contributed by atoms with E-state index in [9.17, 15) is 9.59 Å². The van der Waals surface area contributed by atoms with Crippen LogP contribution >= 0.6 is 11.8 Å². The lowest BCUT2D eigenvalue weighted by atomic mass is 9.69. The number of thioether (sulfide) groups is 1. The molecule has 2 N–H and O–H groups in total. The highest BCUT2D eigenvalue weighted by Gasteiger charge is 2.37. The Kier molecular flexibility index (Phi) is 5.54. The van der Waals surface area contributed by atoms with E-state index in [4.69, 9.17) is 4.98 Å². The molecule has 0 saturated carbocycles. The van der Waals surface area contributed by atoms with E-state index in [2.05, 4.69) is 30.2 Å². The molecule has 0 fully saturated rings. The van der Waals surface area contributed by atoms with Gasteiger partial charge in [-0.25, -0.2) is 4.98 Å². The monoisotopic (exact) mass is 455 g/mol. The number of aromatic nitrogens is 2. The van der Waals surface area contributed by atoms with E-state index in [1.165, 1.54) is 17.3 Å². The summed E-state index contributed by atoms with van der Waals surface area (Å²) in [6.07, 6.45) is 1.66. The summed E-state index contributed by atoms with van der Waals surface area (Å²) in [5, 5.41) is 5.52. The predicted octanol–water partition coefficient (Wildman–Crippen LogP) is 5.54. The minimum absolute atomic E-state index is 0.115. The first-order valence-electron chi connectivity index (χ1n) is 11.1. The maximum absolute atomic E-state index is 13.1. The molecule has 5 rings (SSSR count). The number of carbonyl (C=O) groups is 1. The summed E-state index contributed by atoms with van der Waals surface area (Å²) >= 11 is 1.24. The number of anilines is 1. The number of amides is 1. The average molecular weight is 456 g/mol. The lowest BCUT2D eigenvalue weighted by Gasteiger charge is -2.34. The Morgan fingerprint density at radius 3 is 2.70 bits per heavy atom. The van der Waals surface area contributed by atoms with E-state index in [-0.39, 0.29) is 22.6 Å². The van der Waals surface area contributed by atoms with Crippen LogP contribution in [0, 0.1) is 0 Å². The summed E-state index contributed by atoms with van der Waals surface area (Å²) < 4.78 is 0. The fraction of sp³-hybridized carbons (Fsp3) is 0.222. The Balaban J connectivity index is 1.41. The molecule has 0 aliphatic heterocycles. The number of H-pyrrole nitrogens is 1. The number of fused-ring (bicyclic) bond motifs is 4. The van der Waals surface area contributed by atoms with Crippen molar-refractivity contribution in [3.8, 4) is 11.3 Å². The van der Waals surface area contributed by atoms with Crippen LogP contribution in [0.25, 0.3) is 22.0 Å². The Labute approximate surface area is 196 Å². The third kappa shape index (κ3) is 3.95. The van der Waals surface area contributed by atoms with Gasteiger partial charge in [0.05, 0.1) is 11.4 Å². The zero-order valence-electron chi connectivity index (χ0n) is 18.6. The molecule has 0 saturated heterocycles. The van der Waals surface area contributed by atoms with Crippen LogP contribution in [-0.2, 0) is 16.6 Å². The van der Waals surface area contributed by atoms with E-state index >= 15 is 0 Å². The van der Waals surface area contributed by atoms with Crippen molar-refractivity contribution >= 4 is 34.1 Å². The molecule has 1 amide bonds. The van der Waals surface area contributed by atoms with Crippen molar-refractivity contribution < 1.29 is 4.79 Å². The summed E-state index contributed by atoms with van der Waals surface area (Å²) in [5.41, 5.74) is 4.09. The quantitative estimate of drug-likeness (QED) is 0.306. The Hall–Kier alpha value is -3.38. The Morgan fingerprint density at radius 1 is 1.09 bits per heavy atom. The van der Waals surface area contributed by atoms with E-state index in [1.54, 1.807) is 0 Å². The largest absolute Gasteiger partial charge is 0.325 e. The first kappa shape index (κ1) is 21.5. The maximum Gasteiger partial charge on any atom is 0.255 e. The first-order valence-corrected chi connectivity index (χ1v) is 12.1. The molecule has 1 unspecified atom stereocenters. The third-order valence-corrected chi connectivity index (χ3v) is 7.41. The minimum atomic E-state index is -0.265. The van der Waals surface area contributed by atoms with Gasteiger partial charge in [-0.1, -0.05) is 86.3 Å². The molecule has 166 valence electrons. The summed E-state index contributed by atoms with van der Waals surface area (Å²) in [7, 11) is 0. The van der Waals surface area contributed by atoms with Gasteiger partial charge in [0.2, 0.25) is 5.91 Å². The van der Waals surface area contributed by atoms with E-state index in [0.29, 0.717) is 5.16 Å². The van der Waals surface area contributed by atoms with Gasteiger partial charge in [0.1, 0.15) is 0 Å². The molecule has 0 radical (unpaired) electrons. The standard InChI is InChI=1S/C27H25N3O2S/c1-3-27(2)15-18-10-5-7-13-20(18)24-23(27)25(32)30-26(29-24)33-16-22(31)28-21-14-8-11-17-9-4-6-12-19(17)21/h4-14H,3,15-16H2,1-2H3,(H,28,31)(H,29,30,32). The van der Waals surface area contributed by atoms with Crippen LogP contribution in [0.3, 0.4) is 0 Å². The number of carbonyl (C=O) groups excluding carboxylic acids is 1. The van der Waals surface area contributed by atoms with E-state index < -0.39 is 0 Å². The number of hydrogen-bond donors (Lipinski definition) is 2. The zero-order valence-corrected chi connectivity index (χ0v) is 19.5. The first-order chi connectivity index (χ1) is 16.0. The fourth-order valence-electron chi connectivity index (χ4n) is 4.65. The van der Waals surface area contributed by atoms with Gasteiger partial charge in [-0.05, 0) is 29.9 Å². The van der Waals surface area contributed by atoms with Gasteiger partial charge in [0, 0.05) is 27.6 Å². The van der Waals surface area contributed by atoms with E-state index in [0.717, 1.165) is 46.1 Å². The van der Waals surface area contributed by atoms with Gasteiger partial charge in [-0.15, -0.1) is 0 Å². The van der Waals surface area contributed by atoms with Crippen molar-refractivity contribution in [2.45, 2.75) is 37.3 Å². The number of aromatic amines is 1. The van der Waals surface area contributed by atoms with Crippen LogP contribution in [0.2, 0.25) is 0 Å².